The topological polar surface area (TPSA) is 38.7 Å². The van der Waals surface area contributed by atoms with Gasteiger partial charge >= 0.3 is 0 Å². The van der Waals surface area contributed by atoms with Crippen LogP contribution in [0.15, 0.2) is 16.6 Å². The quantitative estimate of drug-likeness (QED) is 0.881. The van der Waals surface area contributed by atoms with Gasteiger partial charge in [-0.3, -0.25) is 0 Å². The lowest BCUT2D eigenvalue weighted by Crippen LogP contribution is -2.48. The summed E-state index contributed by atoms with van der Waals surface area (Å²) in [6.45, 7) is 8.74. The third-order valence-corrected chi connectivity index (χ3v) is 5.14. The molecule has 3 nitrogen and oxygen atoms in total. The van der Waals surface area contributed by atoms with Crippen LogP contribution in [0.25, 0.3) is 0 Å². The van der Waals surface area contributed by atoms with Crippen molar-refractivity contribution < 1.29 is 14.6 Å². The van der Waals surface area contributed by atoms with E-state index in [0.717, 1.165) is 28.8 Å². The molecule has 0 aliphatic carbocycles. The molecule has 2 aliphatic rings. The zero-order valence-corrected chi connectivity index (χ0v) is 14.7. The van der Waals surface area contributed by atoms with Gasteiger partial charge in [0, 0.05) is 23.7 Å². The predicted molar refractivity (Wildman–Crippen MR) is 85.9 cm³/mol. The normalized spacial score (nSPS) is 29.2. The number of benzene rings is 1. The van der Waals surface area contributed by atoms with Crippen molar-refractivity contribution in [2.24, 2.45) is 0 Å². The maximum atomic E-state index is 11.2. The van der Waals surface area contributed by atoms with Crippen molar-refractivity contribution in [3.63, 3.8) is 0 Å². The molecule has 21 heavy (non-hydrogen) atoms. The number of ether oxygens (including phenoxy) is 2. The van der Waals surface area contributed by atoms with Crippen molar-refractivity contribution >= 4 is 15.9 Å². The van der Waals surface area contributed by atoms with E-state index in [1.54, 1.807) is 0 Å². The van der Waals surface area contributed by atoms with Crippen LogP contribution in [0.3, 0.4) is 0 Å². The van der Waals surface area contributed by atoms with Crippen molar-refractivity contribution in [1.82, 2.24) is 0 Å². The lowest BCUT2D eigenvalue weighted by molar-refractivity contribution is -0.125. The maximum absolute atomic E-state index is 11.2. The Morgan fingerprint density at radius 1 is 1.24 bits per heavy atom. The predicted octanol–water partition coefficient (Wildman–Crippen LogP) is 3.64. The van der Waals surface area contributed by atoms with Crippen LogP contribution in [0.4, 0.5) is 0 Å². The molecule has 1 atom stereocenters. The summed E-state index contributed by atoms with van der Waals surface area (Å²) in [5.41, 5.74) is 0.503. The van der Waals surface area contributed by atoms with Crippen molar-refractivity contribution in [2.45, 2.75) is 63.8 Å². The highest BCUT2D eigenvalue weighted by atomic mass is 79.9. The van der Waals surface area contributed by atoms with Gasteiger partial charge in [0.05, 0.1) is 23.4 Å². The molecule has 0 bridgehead atoms. The van der Waals surface area contributed by atoms with Crippen molar-refractivity contribution in [2.75, 3.05) is 6.61 Å². The average molecular weight is 355 g/mol. The molecule has 1 saturated heterocycles. The molecule has 3 rings (SSSR count). The van der Waals surface area contributed by atoms with Crippen LogP contribution in [0.1, 0.15) is 45.2 Å². The van der Waals surface area contributed by atoms with Gasteiger partial charge in [-0.25, -0.2) is 0 Å². The number of fused-ring (bicyclic) bond motifs is 1. The molecular formula is C17H23BrO3. The van der Waals surface area contributed by atoms with Crippen LogP contribution in [0.5, 0.6) is 5.75 Å². The van der Waals surface area contributed by atoms with Gasteiger partial charge in [-0.15, -0.1) is 0 Å². The summed E-state index contributed by atoms with van der Waals surface area (Å²) in [6, 6.07) is 4.17. The van der Waals surface area contributed by atoms with Crippen LogP contribution in [0, 0.1) is 0 Å². The molecule has 1 aromatic rings. The first-order valence-corrected chi connectivity index (χ1v) is 8.28. The molecular weight excluding hydrogens is 332 g/mol. The molecule has 2 heterocycles. The van der Waals surface area contributed by atoms with Gasteiger partial charge in [0.25, 0.3) is 0 Å². The second kappa shape index (κ2) is 4.71. The van der Waals surface area contributed by atoms with Gasteiger partial charge in [-0.2, -0.15) is 0 Å². The van der Waals surface area contributed by atoms with E-state index in [1.807, 2.05) is 27.7 Å². The minimum Gasteiger partial charge on any atom is -0.493 e. The van der Waals surface area contributed by atoms with E-state index >= 15 is 0 Å². The van der Waals surface area contributed by atoms with Gasteiger partial charge < -0.3 is 14.6 Å². The first-order chi connectivity index (χ1) is 9.62. The zero-order chi connectivity index (χ0) is 15.5. The Hall–Kier alpha value is -0.580. The second-order valence-corrected chi connectivity index (χ2v) is 8.32. The first-order valence-electron chi connectivity index (χ1n) is 7.49. The van der Waals surface area contributed by atoms with Crippen LogP contribution >= 0.6 is 15.9 Å². The third kappa shape index (κ3) is 2.62. The number of rotatable bonds is 2. The average Bonchev–Trinajstić information content (AvgIpc) is 2.78. The number of hydrogen-bond acceptors (Lipinski definition) is 3. The van der Waals surface area contributed by atoms with E-state index in [9.17, 15) is 5.11 Å². The minimum atomic E-state index is -0.892. The zero-order valence-electron chi connectivity index (χ0n) is 13.1. The van der Waals surface area contributed by atoms with Crippen LogP contribution < -0.4 is 4.74 Å². The minimum absolute atomic E-state index is 0.311. The molecule has 0 amide bonds. The molecule has 1 N–H and O–H groups in total. The van der Waals surface area contributed by atoms with E-state index in [4.69, 9.17) is 9.47 Å². The molecule has 1 aromatic carbocycles. The monoisotopic (exact) mass is 354 g/mol. The van der Waals surface area contributed by atoms with E-state index in [-0.39, 0.29) is 5.60 Å². The van der Waals surface area contributed by atoms with Gasteiger partial charge in [-0.05, 0) is 51.0 Å². The largest absolute Gasteiger partial charge is 0.493 e. The molecule has 0 radical (unpaired) electrons. The fraction of sp³-hybridized carbons (Fsp3) is 0.647. The summed E-state index contributed by atoms with van der Waals surface area (Å²) < 4.78 is 12.9. The molecule has 116 valence electrons. The summed E-state index contributed by atoms with van der Waals surface area (Å²) in [6.07, 6.45) is 2.10. The van der Waals surface area contributed by atoms with Gasteiger partial charge in [0.1, 0.15) is 5.75 Å². The number of aliphatic hydroxyl groups is 1. The smallest absolute Gasteiger partial charge is 0.125 e. The molecule has 0 saturated carbocycles. The summed E-state index contributed by atoms with van der Waals surface area (Å²) >= 11 is 3.57. The Bertz CT molecular complexity index is 580. The van der Waals surface area contributed by atoms with Gasteiger partial charge in [0.15, 0.2) is 0 Å². The lowest BCUT2D eigenvalue weighted by Gasteiger charge is -2.35. The van der Waals surface area contributed by atoms with Crippen molar-refractivity contribution in [3.05, 3.63) is 27.7 Å². The van der Waals surface area contributed by atoms with E-state index in [0.29, 0.717) is 12.8 Å². The Kier molecular flexibility index (Phi) is 3.43. The molecule has 1 unspecified atom stereocenters. The standard InChI is InChI=1S/C17H23BrO3/c1-15(2)10-17(19,16(3,4)21-15)9-12-8-13(18)7-11-5-6-20-14(11)12/h7-8,19H,5-6,9-10H2,1-4H3. The highest BCUT2D eigenvalue weighted by Crippen LogP contribution is 2.48. The summed E-state index contributed by atoms with van der Waals surface area (Å²) in [5, 5.41) is 11.2. The summed E-state index contributed by atoms with van der Waals surface area (Å²) in [4.78, 5) is 0. The van der Waals surface area contributed by atoms with Crippen molar-refractivity contribution in [1.29, 1.82) is 0 Å². The Balaban J connectivity index is 1.97. The molecule has 4 heteroatoms. The highest BCUT2D eigenvalue weighted by molar-refractivity contribution is 9.10. The summed E-state index contributed by atoms with van der Waals surface area (Å²) in [7, 11) is 0. The van der Waals surface area contributed by atoms with E-state index in [1.165, 1.54) is 5.56 Å². The van der Waals surface area contributed by atoms with Crippen LogP contribution in [-0.4, -0.2) is 28.5 Å². The third-order valence-electron chi connectivity index (χ3n) is 4.68. The van der Waals surface area contributed by atoms with E-state index in [2.05, 4.69) is 28.1 Å². The maximum Gasteiger partial charge on any atom is 0.125 e. The SMILES string of the molecule is CC1(C)CC(O)(Cc2cc(Br)cc3c2OCC3)C(C)(C)O1. The number of hydrogen-bond donors (Lipinski definition) is 1. The molecule has 0 spiro atoms. The Morgan fingerprint density at radius 2 is 1.95 bits per heavy atom. The second-order valence-electron chi connectivity index (χ2n) is 7.41. The Labute approximate surface area is 134 Å². The lowest BCUT2D eigenvalue weighted by atomic mass is 9.77. The molecule has 1 fully saturated rings. The van der Waals surface area contributed by atoms with Crippen molar-refractivity contribution in [3.8, 4) is 5.75 Å². The fourth-order valence-corrected chi connectivity index (χ4v) is 4.36. The highest BCUT2D eigenvalue weighted by Gasteiger charge is 2.56. The fourth-order valence-electron chi connectivity index (χ4n) is 3.81. The van der Waals surface area contributed by atoms with Crippen LogP contribution in [0.2, 0.25) is 0 Å². The first kappa shape index (κ1) is 15.3. The molecule has 2 aliphatic heterocycles. The van der Waals surface area contributed by atoms with Gasteiger partial charge in [0.2, 0.25) is 0 Å². The van der Waals surface area contributed by atoms with Gasteiger partial charge in [-0.1, -0.05) is 15.9 Å². The Morgan fingerprint density at radius 3 is 2.57 bits per heavy atom. The van der Waals surface area contributed by atoms with E-state index < -0.39 is 11.2 Å². The summed E-state index contributed by atoms with van der Waals surface area (Å²) in [5.74, 6) is 0.951. The van der Waals surface area contributed by atoms with Crippen LogP contribution in [-0.2, 0) is 17.6 Å². The number of halogens is 1. The molecule has 0 aromatic heterocycles.